The van der Waals surface area contributed by atoms with Gasteiger partial charge < -0.3 is 9.88 Å². The molecule has 22 heavy (non-hydrogen) atoms. The van der Waals surface area contributed by atoms with E-state index in [2.05, 4.69) is 58.4 Å². The van der Waals surface area contributed by atoms with Gasteiger partial charge in [0.2, 0.25) is 0 Å². The van der Waals surface area contributed by atoms with E-state index in [0.717, 1.165) is 13.1 Å². The van der Waals surface area contributed by atoms with E-state index < -0.39 is 0 Å². The summed E-state index contributed by atoms with van der Waals surface area (Å²) >= 11 is 0. The molecule has 1 atom stereocenters. The number of hydrogen-bond donors (Lipinski definition) is 1. The minimum Gasteiger partial charge on any atom is -0.342 e. The molecule has 0 bridgehead atoms. The van der Waals surface area contributed by atoms with E-state index in [1.54, 1.807) is 11.3 Å². The summed E-state index contributed by atoms with van der Waals surface area (Å²) in [7, 11) is 0. The van der Waals surface area contributed by atoms with Crippen LogP contribution in [-0.2, 0) is 13.0 Å². The number of fused-ring (bicyclic) bond motifs is 3. The monoisotopic (exact) mass is 288 g/mol. The smallest absolute Gasteiger partial charge is 0.0486 e. The second kappa shape index (κ2) is 4.72. The van der Waals surface area contributed by atoms with E-state index in [1.165, 1.54) is 41.3 Å². The molecule has 0 unspecified atom stereocenters. The normalized spacial score (nSPS) is 20.1. The molecule has 1 aromatic heterocycles. The van der Waals surface area contributed by atoms with Crippen molar-refractivity contribution in [1.82, 2.24) is 9.88 Å². The number of aryl methyl sites for hydroxylation is 1. The van der Waals surface area contributed by atoms with Gasteiger partial charge in [0, 0.05) is 35.7 Å². The maximum absolute atomic E-state index is 3.70. The Morgan fingerprint density at radius 2 is 1.91 bits per heavy atom. The van der Waals surface area contributed by atoms with E-state index >= 15 is 0 Å². The lowest BCUT2D eigenvalue weighted by molar-refractivity contribution is 0.384. The highest BCUT2D eigenvalue weighted by Crippen LogP contribution is 2.40. The van der Waals surface area contributed by atoms with Crippen LogP contribution in [0.15, 0.2) is 48.5 Å². The fourth-order valence-electron chi connectivity index (χ4n) is 4.33. The summed E-state index contributed by atoms with van der Waals surface area (Å²) in [6, 6.07) is 18.3. The molecule has 0 fully saturated rings. The van der Waals surface area contributed by atoms with Crippen molar-refractivity contribution in [2.75, 3.05) is 6.54 Å². The molecule has 2 aromatic carbocycles. The van der Waals surface area contributed by atoms with E-state index in [4.69, 9.17) is 0 Å². The number of benzene rings is 2. The number of rotatable bonds is 1. The highest BCUT2D eigenvalue weighted by Gasteiger charge is 2.29. The highest BCUT2D eigenvalue weighted by atomic mass is 15.1. The number of aromatic nitrogens is 1. The summed E-state index contributed by atoms with van der Waals surface area (Å²) in [6.45, 7) is 2.20. The van der Waals surface area contributed by atoms with Gasteiger partial charge in [-0.2, -0.15) is 0 Å². The summed E-state index contributed by atoms with van der Waals surface area (Å²) in [4.78, 5) is 0. The van der Waals surface area contributed by atoms with Crippen LogP contribution in [0.4, 0.5) is 0 Å². The fraction of sp³-hybridized carbons (Fsp3) is 0.300. The molecule has 110 valence electrons. The molecule has 2 nitrogen and oxygen atoms in total. The molecule has 0 spiro atoms. The minimum atomic E-state index is 0.574. The minimum absolute atomic E-state index is 0.574. The van der Waals surface area contributed by atoms with E-state index in [9.17, 15) is 0 Å². The number of hydrogen-bond acceptors (Lipinski definition) is 1. The first-order valence-corrected chi connectivity index (χ1v) is 8.35. The molecule has 2 heteroatoms. The first-order chi connectivity index (χ1) is 10.9. The second-order valence-corrected chi connectivity index (χ2v) is 6.51. The first-order valence-electron chi connectivity index (χ1n) is 8.35. The van der Waals surface area contributed by atoms with Gasteiger partial charge in [0.25, 0.3) is 0 Å². The van der Waals surface area contributed by atoms with Crippen LogP contribution in [0.3, 0.4) is 0 Å². The van der Waals surface area contributed by atoms with E-state index in [0.29, 0.717) is 6.04 Å². The van der Waals surface area contributed by atoms with Crippen LogP contribution in [0.5, 0.6) is 0 Å². The SMILES string of the molecule is c1ccc(-c2ccc3c(c2)c2c4n3CCN[C@H]4CCC2)cc1. The summed E-state index contributed by atoms with van der Waals surface area (Å²) in [5.74, 6) is 0. The van der Waals surface area contributed by atoms with Crippen molar-refractivity contribution >= 4 is 10.9 Å². The lowest BCUT2D eigenvalue weighted by Crippen LogP contribution is -2.35. The van der Waals surface area contributed by atoms with Gasteiger partial charge in [-0.15, -0.1) is 0 Å². The van der Waals surface area contributed by atoms with Gasteiger partial charge in [-0.1, -0.05) is 36.4 Å². The second-order valence-electron chi connectivity index (χ2n) is 6.51. The van der Waals surface area contributed by atoms with Gasteiger partial charge in [-0.25, -0.2) is 0 Å². The summed E-state index contributed by atoms with van der Waals surface area (Å²) in [6.07, 6.45) is 3.82. The molecule has 2 heterocycles. The average molecular weight is 288 g/mol. The Morgan fingerprint density at radius 1 is 1.00 bits per heavy atom. The Kier molecular flexibility index (Phi) is 2.68. The van der Waals surface area contributed by atoms with Crippen molar-refractivity contribution < 1.29 is 0 Å². The van der Waals surface area contributed by atoms with Crippen LogP contribution < -0.4 is 5.32 Å². The van der Waals surface area contributed by atoms with Crippen LogP contribution in [0.2, 0.25) is 0 Å². The van der Waals surface area contributed by atoms with Crippen LogP contribution in [0.25, 0.3) is 22.0 Å². The molecule has 1 aliphatic heterocycles. The molecule has 0 saturated carbocycles. The number of nitrogens with one attached hydrogen (secondary N) is 1. The third-order valence-corrected chi connectivity index (χ3v) is 5.30. The summed E-state index contributed by atoms with van der Waals surface area (Å²) in [5.41, 5.74) is 7.24. The lowest BCUT2D eigenvalue weighted by Gasteiger charge is -2.31. The van der Waals surface area contributed by atoms with Crippen LogP contribution in [-0.4, -0.2) is 11.1 Å². The third kappa shape index (κ3) is 1.71. The topological polar surface area (TPSA) is 17.0 Å². The zero-order valence-corrected chi connectivity index (χ0v) is 12.7. The van der Waals surface area contributed by atoms with Gasteiger partial charge in [0.1, 0.15) is 0 Å². The molecule has 3 aromatic rings. The zero-order valence-electron chi connectivity index (χ0n) is 12.7. The maximum Gasteiger partial charge on any atom is 0.0486 e. The quantitative estimate of drug-likeness (QED) is 0.707. The molecular formula is C20H20N2. The Morgan fingerprint density at radius 3 is 2.82 bits per heavy atom. The van der Waals surface area contributed by atoms with Crippen molar-refractivity contribution in [2.24, 2.45) is 0 Å². The van der Waals surface area contributed by atoms with Crippen LogP contribution in [0, 0.1) is 0 Å². The molecular weight excluding hydrogens is 268 g/mol. The standard InChI is InChI=1S/C20H20N2/c1-2-5-14(6-3-1)15-9-10-19-17(13-15)16-7-4-8-18-20(16)22(19)12-11-21-18/h1-3,5-6,9-10,13,18,21H,4,7-8,11-12H2/t18-/m0/s1. The van der Waals surface area contributed by atoms with Gasteiger partial charge in [-0.05, 0) is 48.1 Å². The Labute approximate surface area is 130 Å². The molecule has 0 saturated heterocycles. The van der Waals surface area contributed by atoms with E-state index in [1.807, 2.05) is 0 Å². The molecule has 0 radical (unpaired) electrons. The van der Waals surface area contributed by atoms with Crippen molar-refractivity contribution in [3.05, 3.63) is 59.8 Å². The molecule has 1 N–H and O–H groups in total. The van der Waals surface area contributed by atoms with Gasteiger partial charge in [0.15, 0.2) is 0 Å². The van der Waals surface area contributed by atoms with Crippen molar-refractivity contribution in [3.63, 3.8) is 0 Å². The molecule has 1 aliphatic carbocycles. The maximum atomic E-state index is 3.70. The summed E-state index contributed by atoms with van der Waals surface area (Å²) < 4.78 is 2.57. The molecule has 2 aliphatic rings. The van der Waals surface area contributed by atoms with Gasteiger partial charge in [-0.3, -0.25) is 0 Å². The van der Waals surface area contributed by atoms with Crippen molar-refractivity contribution in [2.45, 2.75) is 31.8 Å². The lowest BCUT2D eigenvalue weighted by atomic mass is 9.90. The molecule has 0 amide bonds. The van der Waals surface area contributed by atoms with Crippen LogP contribution >= 0.6 is 0 Å². The Bertz CT molecular complexity index is 843. The van der Waals surface area contributed by atoms with Crippen LogP contribution in [0.1, 0.15) is 30.1 Å². The summed E-state index contributed by atoms with van der Waals surface area (Å²) in [5, 5.41) is 5.18. The van der Waals surface area contributed by atoms with Crippen molar-refractivity contribution in [3.8, 4) is 11.1 Å². The predicted molar refractivity (Wildman–Crippen MR) is 91.1 cm³/mol. The Hall–Kier alpha value is -2.06. The molecule has 5 rings (SSSR count). The zero-order chi connectivity index (χ0) is 14.5. The number of nitrogens with zero attached hydrogens (tertiary/aromatic N) is 1. The third-order valence-electron chi connectivity index (χ3n) is 5.30. The predicted octanol–water partition coefficient (Wildman–Crippen LogP) is 4.29. The van der Waals surface area contributed by atoms with Gasteiger partial charge >= 0.3 is 0 Å². The average Bonchev–Trinajstić information content (AvgIpc) is 2.92. The van der Waals surface area contributed by atoms with E-state index in [-0.39, 0.29) is 0 Å². The Balaban J connectivity index is 1.77. The fourth-order valence-corrected chi connectivity index (χ4v) is 4.33. The van der Waals surface area contributed by atoms with Gasteiger partial charge in [0.05, 0.1) is 0 Å². The highest BCUT2D eigenvalue weighted by molar-refractivity contribution is 5.90. The largest absolute Gasteiger partial charge is 0.342 e. The van der Waals surface area contributed by atoms with Crippen molar-refractivity contribution in [1.29, 1.82) is 0 Å². The first kappa shape index (κ1) is 12.5.